The van der Waals surface area contributed by atoms with Crippen LogP contribution in [-0.4, -0.2) is 12.5 Å². The van der Waals surface area contributed by atoms with Gasteiger partial charge in [0.15, 0.2) is 0 Å². The van der Waals surface area contributed by atoms with Crippen LogP contribution in [0.4, 0.5) is 0 Å². The van der Waals surface area contributed by atoms with Crippen LogP contribution in [0.25, 0.3) is 0 Å². The number of rotatable bonds is 7. The zero-order valence-corrected chi connectivity index (χ0v) is 12.2. The van der Waals surface area contributed by atoms with Gasteiger partial charge in [0.2, 0.25) is 5.91 Å². The molecule has 0 saturated carbocycles. The van der Waals surface area contributed by atoms with Gasteiger partial charge in [-0.1, -0.05) is 44.2 Å². The van der Waals surface area contributed by atoms with Crippen molar-refractivity contribution >= 4 is 5.91 Å². The second-order valence-corrected chi connectivity index (χ2v) is 5.64. The van der Waals surface area contributed by atoms with E-state index in [0.717, 1.165) is 12.0 Å². The Bertz CT molecular complexity index is 376. The molecule has 19 heavy (non-hydrogen) atoms. The maximum atomic E-state index is 12.0. The molecule has 0 heterocycles. The van der Waals surface area contributed by atoms with Crippen molar-refractivity contribution < 1.29 is 4.79 Å². The van der Waals surface area contributed by atoms with Crippen LogP contribution in [0.1, 0.15) is 45.2 Å². The third-order valence-electron chi connectivity index (χ3n) is 3.29. The van der Waals surface area contributed by atoms with E-state index >= 15 is 0 Å². The SMILES string of the molecule is CC(C)CC(CN)CC(=O)NC(C)c1ccccc1. The van der Waals surface area contributed by atoms with Crippen molar-refractivity contribution in [3.05, 3.63) is 35.9 Å². The van der Waals surface area contributed by atoms with E-state index in [4.69, 9.17) is 5.73 Å². The molecule has 1 aromatic carbocycles. The minimum absolute atomic E-state index is 0.0474. The van der Waals surface area contributed by atoms with Gasteiger partial charge in [-0.25, -0.2) is 0 Å². The second-order valence-electron chi connectivity index (χ2n) is 5.64. The molecule has 0 fully saturated rings. The van der Waals surface area contributed by atoms with Gasteiger partial charge in [0, 0.05) is 6.42 Å². The standard InChI is InChI=1S/C16H26N2O/c1-12(2)9-14(11-17)10-16(19)18-13(3)15-7-5-4-6-8-15/h4-8,12-14H,9-11,17H2,1-3H3,(H,18,19). The van der Waals surface area contributed by atoms with Gasteiger partial charge in [-0.2, -0.15) is 0 Å². The lowest BCUT2D eigenvalue weighted by Gasteiger charge is -2.19. The van der Waals surface area contributed by atoms with E-state index in [-0.39, 0.29) is 17.9 Å². The monoisotopic (exact) mass is 262 g/mol. The zero-order chi connectivity index (χ0) is 14.3. The van der Waals surface area contributed by atoms with Crippen LogP contribution in [0.2, 0.25) is 0 Å². The highest BCUT2D eigenvalue weighted by atomic mass is 16.1. The van der Waals surface area contributed by atoms with Gasteiger partial charge in [0.05, 0.1) is 6.04 Å². The number of carbonyl (C=O) groups excluding carboxylic acids is 1. The summed E-state index contributed by atoms with van der Waals surface area (Å²) >= 11 is 0. The zero-order valence-electron chi connectivity index (χ0n) is 12.2. The Morgan fingerprint density at radius 2 is 1.84 bits per heavy atom. The van der Waals surface area contributed by atoms with Crippen molar-refractivity contribution in [2.24, 2.45) is 17.6 Å². The fourth-order valence-corrected chi connectivity index (χ4v) is 2.32. The summed E-state index contributed by atoms with van der Waals surface area (Å²) in [6, 6.07) is 10.1. The average Bonchev–Trinajstić information content (AvgIpc) is 2.38. The molecule has 3 N–H and O–H groups in total. The Labute approximate surface area is 116 Å². The number of nitrogens with two attached hydrogens (primary N) is 1. The Morgan fingerprint density at radius 3 is 2.37 bits per heavy atom. The molecule has 2 atom stereocenters. The molecule has 106 valence electrons. The number of carbonyl (C=O) groups is 1. The van der Waals surface area contributed by atoms with Crippen LogP contribution in [0.5, 0.6) is 0 Å². The maximum Gasteiger partial charge on any atom is 0.220 e. The first-order valence-electron chi connectivity index (χ1n) is 7.07. The van der Waals surface area contributed by atoms with Gasteiger partial charge in [-0.05, 0) is 37.3 Å². The molecule has 0 bridgehead atoms. The van der Waals surface area contributed by atoms with Crippen LogP contribution < -0.4 is 11.1 Å². The Kier molecular flexibility index (Phi) is 6.57. The number of nitrogens with one attached hydrogen (secondary N) is 1. The Morgan fingerprint density at radius 1 is 1.21 bits per heavy atom. The number of benzene rings is 1. The summed E-state index contributed by atoms with van der Waals surface area (Å²) in [7, 11) is 0. The lowest BCUT2D eigenvalue weighted by Crippen LogP contribution is -2.30. The Hall–Kier alpha value is -1.35. The van der Waals surface area contributed by atoms with Crippen LogP contribution in [0, 0.1) is 11.8 Å². The normalized spacial score (nSPS) is 14.2. The van der Waals surface area contributed by atoms with Crippen molar-refractivity contribution in [1.82, 2.24) is 5.32 Å². The molecule has 0 aliphatic rings. The molecule has 0 aliphatic heterocycles. The van der Waals surface area contributed by atoms with E-state index in [9.17, 15) is 4.79 Å². The average molecular weight is 262 g/mol. The largest absolute Gasteiger partial charge is 0.350 e. The summed E-state index contributed by atoms with van der Waals surface area (Å²) in [5.74, 6) is 0.948. The molecule has 0 radical (unpaired) electrons. The molecule has 0 aliphatic carbocycles. The number of amides is 1. The van der Waals surface area contributed by atoms with Crippen molar-refractivity contribution in [3.8, 4) is 0 Å². The molecule has 1 rings (SSSR count). The number of hydrogen-bond donors (Lipinski definition) is 2. The van der Waals surface area contributed by atoms with Crippen molar-refractivity contribution in [2.75, 3.05) is 6.54 Å². The van der Waals surface area contributed by atoms with Gasteiger partial charge in [-0.3, -0.25) is 4.79 Å². The highest BCUT2D eigenvalue weighted by Crippen LogP contribution is 2.16. The highest BCUT2D eigenvalue weighted by Gasteiger charge is 2.16. The quantitative estimate of drug-likeness (QED) is 0.794. The summed E-state index contributed by atoms with van der Waals surface area (Å²) < 4.78 is 0. The van der Waals surface area contributed by atoms with E-state index in [0.29, 0.717) is 18.9 Å². The maximum absolute atomic E-state index is 12.0. The predicted octanol–water partition coefficient (Wildman–Crippen LogP) is 2.87. The van der Waals surface area contributed by atoms with E-state index in [1.54, 1.807) is 0 Å². The van der Waals surface area contributed by atoms with Crippen LogP contribution in [0.3, 0.4) is 0 Å². The fourth-order valence-electron chi connectivity index (χ4n) is 2.32. The van der Waals surface area contributed by atoms with Crippen LogP contribution in [-0.2, 0) is 4.79 Å². The minimum Gasteiger partial charge on any atom is -0.350 e. The molecule has 0 spiro atoms. The summed E-state index contributed by atoms with van der Waals surface area (Å²) in [6.07, 6.45) is 1.52. The van der Waals surface area contributed by atoms with Gasteiger partial charge in [0.1, 0.15) is 0 Å². The molecular weight excluding hydrogens is 236 g/mol. The molecule has 0 saturated heterocycles. The van der Waals surface area contributed by atoms with E-state index in [1.807, 2.05) is 37.3 Å². The first-order chi connectivity index (χ1) is 9.02. The summed E-state index contributed by atoms with van der Waals surface area (Å²) in [6.45, 7) is 6.90. The summed E-state index contributed by atoms with van der Waals surface area (Å²) in [5.41, 5.74) is 6.86. The summed E-state index contributed by atoms with van der Waals surface area (Å²) in [5, 5.41) is 3.04. The lowest BCUT2D eigenvalue weighted by molar-refractivity contribution is -0.122. The molecule has 2 unspecified atom stereocenters. The minimum atomic E-state index is 0.0474. The fraction of sp³-hybridized carbons (Fsp3) is 0.562. The van der Waals surface area contributed by atoms with Crippen molar-refractivity contribution in [2.45, 2.75) is 39.7 Å². The third kappa shape index (κ3) is 5.88. The second kappa shape index (κ2) is 7.95. The van der Waals surface area contributed by atoms with Gasteiger partial charge >= 0.3 is 0 Å². The van der Waals surface area contributed by atoms with Gasteiger partial charge in [0.25, 0.3) is 0 Å². The molecule has 1 amide bonds. The molecule has 3 nitrogen and oxygen atoms in total. The predicted molar refractivity (Wildman–Crippen MR) is 79.6 cm³/mol. The lowest BCUT2D eigenvalue weighted by atomic mass is 9.94. The van der Waals surface area contributed by atoms with E-state index < -0.39 is 0 Å². The van der Waals surface area contributed by atoms with Crippen LogP contribution >= 0.6 is 0 Å². The summed E-state index contributed by atoms with van der Waals surface area (Å²) in [4.78, 5) is 12.0. The van der Waals surface area contributed by atoms with Crippen LogP contribution in [0.15, 0.2) is 30.3 Å². The first kappa shape index (κ1) is 15.7. The van der Waals surface area contributed by atoms with Crippen molar-refractivity contribution in [3.63, 3.8) is 0 Å². The van der Waals surface area contributed by atoms with Gasteiger partial charge < -0.3 is 11.1 Å². The smallest absolute Gasteiger partial charge is 0.220 e. The molecule has 1 aromatic rings. The molecule has 0 aromatic heterocycles. The Balaban J connectivity index is 2.46. The third-order valence-corrected chi connectivity index (χ3v) is 3.29. The highest BCUT2D eigenvalue weighted by molar-refractivity contribution is 5.76. The first-order valence-corrected chi connectivity index (χ1v) is 7.07. The topological polar surface area (TPSA) is 55.1 Å². The number of hydrogen-bond acceptors (Lipinski definition) is 2. The van der Waals surface area contributed by atoms with E-state index in [1.165, 1.54) is 0 Å². The van der Waals surface area contributed by atoms with Crippen molar-refractivity contribution in [1.29, 1.82) is 0 Å². The molecule has 3 heteroatoms. The van der Waals surface area contributed by atoms with E-state index in [2.05, 4.69) is 19.2 Å². The van der Waals surface area contributed by atoms with Gasteiger partial charge in [-0.15, -0.1) is 0 Å². The molecular formula is C16H26N2O.